The molecule has 0 radical (unpaired) electrons. The lowest BCUT2D eigenvalue weighted by molar-refractivity contribution is 0.0763. The Balaban J connectivity index is 1.55. The standard InChI is InChI=1S/C23H27N5O3S/c24-18-19-8-6-11-25-22(19)26-12-7-13-27(17-16-26)23(29)20-9-2-3-10-21(20)32(30,31)28-14-4-1-5-15-28/h2-3,6,8-11H,1,4-5,7,12-17H2. The smallest absolute Gasteiger partial charge is 0.255 e. The molecule has 2 aliphatic rings. The number of rotatable bonds is 4. The molecule has 2 aliphatic heterocycles. The van der Waals surface area contributed by atoms with Crippen LogP contribution in [0.2, 0.25) is 0 Å². The van der Waals surface area contributed by atoms with Crippen LogP contribution in [0.1, 0.15) is 41.6 Å². The summed E-state index contributed by atoms with van der Waals surface area (Å²) >= 11 is 0. The zero-order valence-electron chi connectivity index (χ0n) is 18.0. The SMILES string of the molecule is N#Cc1cccnc1N1CCCN(C(=O)c2ccccc2S(=O)(=O)N2CCCCC2)CC1. The Labute approximate surface area is 189 Å². The fraction of sp³-hybridized carbons (Fsp3) is 0.435. The number of nitriles is 1. The van der Waals surface area contributed by atoms with Gasteiger partial charge in [0, 0.05) is 45.5 Å². The quantitative estimate of drug-likeness (QED) is 0.706. The summed E-state index contributed by atoms with van der Waals surface area (Å²) in [5, 5.41) is 9.38. The minimum atomic E-state index is -3.72. The van der Waals surface area contributed by atoms with Gasteiger partial charge in [-0.2, -0.15) is 9.57 Å². The van der Waals surface area contributed by atoms with Crippen molar-refractivity contribution in [3.05, 3.63) is 53.7 Å². The maximum atomic E-state index is 13.4. The molecule has 0 N–H and O–H groups in total. The van der Waals surface area contributed by atoms with E-state index in [1.54, 1.807) is 41.4 Å². The molecule has 0 saturated carbocycles. The van der Waals surface area contributed by atoms with Crippen LogP contribution in [0, 0.1) is 11.3 Å². The number of amides is 1. The van der Waals surface area contributed by atoms with E-state index in [1.165, 1.54) is 10.4 Å². The lowest BCUT2D eigenvalue weighted by atomic mass is 10.2. The predicted octanol–water partition coefficient (Wildman–Crippen LogP) is 2.48. The van der Waals surface area contributed by atoms with Crippen molar-refractivity contribution < 1.29 is 13.2 Å². The molecule has 32 heavy (non-hydrogen) atoms. The van der Waals surface area contributed by atoms with E-state index >= 15 is 0 Å². The predicted molar refractivity (Wildman–Crippen MR) is 121 cm³/mol. The number of carbonyl (C=O) groups excluding carboxylic acids is 1. The van der Waals surface area contributed by atoms with Crippen LogP contribution in [0.3, 0.4) is 0 Å². The van der Waals surface area contributed by atoms with Crippen molar-refractivity contribution in [2.24, 2.45) is 0 Å². The summed E-state index contributed by atoms with van der Waals surface area (Å²) in [4.78, 5) is 21.6. The number of nitrogens with zero attached hydrogens (tertiary/aromatic N) is 5. The van der Waals surface area contributed by atoms with Gasteiger partial charge in [-0.3, -0.25) is 4.79 Å². The Bertz CT molecular complexity index is 1120. The highest BCUT2D eigenvalue weighted by Crippen LogP contribution is 2.25. The van der Waals surface area contributed by atoms with Crippen LogP contribution in [0.15, 0.2) is 47.5 Å². The van der Waals surface area contributed by atoms with Crippen LogP contribution in [0.4, 0.5) is 5.82 Å². The molecule has 2 saturated heterocycles. The van der Waals surface area contributed by atoms with Crippen molar-refractivity contribution in [1.29, 1.82) is 5.26 Å². The largest absolute Gasteiger partial charge is 0.354 e. The van der Waals surface area contributed by atoms with E-state index in [0.717, 1.165) is 19.3 Å². The highest BCUT2D eigenvalue weighted by molar-refractivity contribution is 7.89. The summed E-state index contributed by atoms with van der Waals surface area (Å²) in [6.45, 7) is 3.13. The molecule has 3 heterocycles. The molecule has 0 bridgehead atoms. The number of aromatic nitrogens is 1. The van der Waals surface area contributed by atoms with Gasteiger partial charge >= 0.3 is 0 Å². The van der Waals surface area contributed by atoms with Crippen molar-refractivity contribution in [2.75, 3.05) is 44.2 Å². The number of pyridine rings is 1. The van der Waals surface area contributed by atoms with Gasteiger partial charge in [0.05, 0.1) is 16.0 Å². The van der Waals surface area contributed by atoms with Crippen molar-refractivity contribution in [3.8, 4) is 6.07 Å². The maximum absolute atomic E-state index is 13.4. The first-order valence-electron chi connectivity index (χ1n) is 11.0. The second-order valence-electron chi connectivity index (χ2n) is 8.08. The third-order valence-electron chi connectivity index (χ3n) is 6.04. The van der Waals surface area contributed by atoms with Gasteiger partial charge in [-0.05, 0) is 43.5 Å². The number of sulfonamides is 1. The Morgan fingerprint density at radius 3 is 2.47 bits per heavy atom. The van der Waals surface area contributed by atoms with Gasteiger partial charge in [-0.1, -0.05) is 18.6 Å². The van der Waals surface area contributed by atoms with E-state index in [9.17, 15) is 18.5 Å². The van der Waals surface area contributed by atoms with E-state index in [1.807, 2.05) is 4.90 Å². The summed E-state index contributed by atoms with van der Waals surface area (Å²) < 4.78 is 28.1. The second kappa shape index (κ2) is 9.67. The molecule has 1 aromatic heterocycles. The summed E-state index contributed by atoms with van der Waals surface area (Å²) in [6, 6.07) is 12.2. The van der Waals surface area contributed by atoms with Crippen LogP contribution in [0.5, 0.6) is 0 Å². The van der Waals surface area contributed by atoms with Gasteiger partial charge in [-0.25, -0.2) is 13.4 Å². The molecule has 0 unspecified atom stereocenters. The maximum Gasteiger partial charge on any atom is 0.255 e. The van der Waals surface area contributed by atoms with Crippen molar-refractivity contribution >= 4 is 21.7 Å². The zero-order valence-corrected chi connectivity index (χ0v) is 18.8. The first-order valence-corrected chi connectivity index (χ1v) is 12.4. The number of benzene rings is 1. The van der Waals surface area contributed by atoms with Gasteiger partial charge in [0.15, 0.2) is 0 Å². The molecule has 2 aromatic rings. The van der Waals surface area contributed by atoms with E-state index < -0.39 is 10.0 Å². The van der Waals surface area contributed by atoms with Gasteiger partial charge in [0.25, 0.3) is 5.91 Å². The number of anilines is 1. The molecule has 0 spiro atoms. The van der Waals surface area contributed by atoms with Crippen LogP contribution in [-0.4, -0.2) is 67.8 Å². The average Bonchev–Trinajstić information content (AvgIpc) is 3.10. The monoisotopic (exact) mass is 453 g/mol. The van der Waals surface area contributed by atoms with Gasteiger partial charge in [0.1, 0.15) is 11.9 Å². The minimum absolute atomic E-state index is 0.0875. The van der Waals surface area contributed by atoms with E-state index in [-0.39, 0.29) is 16.4 Å². The fourth-order valence-corrected chi connectivity index (χ4v) is 6.05. The molecule has 0 aliphatic carbocycles. The molecule has 168 valence electrons. The van der Waals surface area contributed by atoms with Crippen molar-refractivity contribution in [1.82, 2.24) is 14.2 Å². The molecular formula is C23H27N5O3S. The normalized spacial score (nSPS) is 18.1. The Morgan fingerprint density at radius 2 is 1.69 bits per heavy atom. The van der Waals surface area contributed by atoms with E-state index in [2.05, 4.69) is 11.1 Å². The molecule has 4 rings (SSSR count). The number of hydrogen-bond acceptors (Lipinski definition) is 6. The molecule has 1 aromatic carbocycles. The van der Waals surface area contributed by atoms with Crippen molar-refractivity contribution in [2.45, 2.75) is 30.6 Å². The highest BCUT2D eigenvalue weighted by Gasteiger charge is 2.31. The lowest BCUT2D eigenvalue weighted by Crippen LogP contribution is -2.39. The van der Waals surface area contributed by atoms with Gasteiger partial charge in [-0.15, -0.1) is 0 Å². The Hall–Kier alpha value is -2.96. The van der Waals surface area contributed by atoms with Gasteiger partial charge in [0.2, 0.25) is 10.0 Å². The zero-order chi connectivity index (χ0) is 22.6. The number of carbonyl (C=O) groups is 1. The summed E-state index contributed by atoms with van der Waals surface area (Å²) in [5.41, 5.74) is 0.729. The first-order chi connectivity index (χ1) is 15.5. The lowest BCUT2D eigenvalue weighted by Gasteiger charge is -2.28. The molecule has 2 fully saturated rings. The van der Waals surface area contributed by atoms with Crippen LogP contribution in [-0.2, 0) is 10.0 Å². The number of piperidine rings is 1. The van der Waals surface area contributed by atoms with E-state index in [4.69, 9.17) is 0 Å². The van der Waals surface area contributed by atoms with Gasteiger partial charge < -0.3 is 9.80 Å². The molecule has 8 nitrogen and oxygen atoms in total. The third kappa shape index (κ3) is 4.47. The third-order valence-corrected chi connectivity index (χ3v) is 8.00. The second-order valence-corrected chi connectivity index (χ2v) is 9.99. The summed E-state index contributed by atoms with van der Waals surface area (Å²) in [5.74, 6) is 0.349. The fourth-order valence-electron chi connectivity index (χ4n) is 4.35. The summed E-state index contributed by atoms with van der Waals surface area (Å²) in [7, 11) is -3.72. The van der Waals surface area contributed by atoms with Crippen LogP contribution >= 0.6 is 0 Å². The van der Waals surface area contributed by atoms with E-state index in [0.29, 0.717) is 57.1 Å². The molecule has 0 atom stereocenters. The summed E-state index contributed by atoms with van der Waals surface area (Å²) in [6.07, 6.45) is 5.07. The van der Waals surface area contributed by atoms with Crippen molar-refractivity contribution in [3.63, 3.8) is 0 Å². The molecular weight excluding hydrogens is 426 g/mol. The van der Waals surface area contributed by atoms with Crippen LogP contribution in [0.25, 0.3) is 0 Å². The number of hydrogen-bond donors (Lipinski definition) is 0. The van der Waals surface area contributed by atoms with Crippen LogP contribution < -0.4 is 4.90 Å². The topological polar surface area (TPSA) is 97.6 Å². The molecule has 9 heteroatoms. The Kier molecular flexibility index (Phi) is 6.72. The highest BCUT2D eigenvalue weighted by atomic mass is 32.2. The average molecular weight is 454 g/mol. The Morgan fingerprint density at radius 1 is 0.906 bits per heavy atom. The minimum Gasteiger partial charge on any atom is -0.354 e. The molecule has 1 amide bonds. The first kappa shape index (κ1) is 22.2.